The zero-order valence-electron chi connectivity index (χ0n) is 24.2. The second-order valence-electron chi connectivity index (χ2n) is 11.3. The lowest BCUT2D eigenvalue weighted by Gasteiger charge is -2.29. The fraction of sp³-hybridized carbons (Fsp3) is 0.531. The van der Waals surface area contributed by atoms with Crippen LogP contribution in [0.1, 0.15) is 93.6 Å². The molecule has 3 aliphatic rings. The molecule has 1 saturated carbocycles. The number of imidazole rings is 1. The molecule has 0 bridgehead atoms. The monoisotopic (exact) mass is 560 g/mol. The minimum Gasteiger partial charge on any atom is -0.356 e. The van der Waals surface area contributed by atoms with Crippen molar-refractivity contribution < 1.29 is 14.4 Å². The fourth-order valence-corrected chi connectivity index (χ4v) is 5.66. The Morgan fingerprint density at radius 2 is 1.93 bits per heavy atom. The molecule has 220 valence electrons. The van der Waals surface area contributed by atoms with Gasteiger partial charge in [0.1, 0.15) is 6.04 Å². The van der Waals surface area contributed by atoms with Gasteiger partial charge in [0.05, 0.1) is 12.0 Å². The summed E-state index contributed by atoms with van der Waals surface area (Å²) >= 11 is 0. The molecule has 2 heterocycles. The van der Waals surface area contributed by atoms with E-state index in [-0.39, 0.29) is 23.8 Å². The van der Waals surface area contributed by atoms with Crippen LogP contribution in [0.25, 0.3) is 11.3 Å². The standard InChI is InChI=1S/C32H44N6O3/c1-2-3-16-35-30(39)14-8-12-26(18-23-9-5-4-6-10-23)37-32(41)29(20-27-21-33-22-36-27)38-31(40)25-11-7-13-28-24(19-25)15-17-34-28/h7,11,13,15,17,19,21-23,26,29H,2-6,8-10,12,14,16,18,20H2,1H3,(H,33,36)(H,35,39)(H,37,41)(H,38,40)/t26?,29-/m0/s1. The number of rotatable bonds is 15. The van der Waals surface area contributed by atoms with Crippen molar-refractivity contribution in [3.8, 4) is 11.3 Å². The number of aromatic nitrogens is 3. The Morgan fingerprint density at radius 3 is 2.71 bits per heavy atom. The summed E-state index contributed by atoms with van der Waals surface area (Å²) < 4.78 is 0. The van der Waals surface area contributed by atoms with Gasteiger partial charge < -0.3 is 20.9 Å². The molecule has 4 rings (SSSR count). The number of fused-ring (bicyclic) bond motifs is 1. The molecule has 9 heteroatoms. The van der Waals surface area contributed by atoms with E-state index in [2.05, 4.69) is 37.8 Å². The van der Waals surface area contributed by atoms with Gasteiger partial charge in [-0.2, -0.15) is 0 Å². The summed E-state index contributed by atoms with van der Waals surface area (Å²) in [5.41, 5.74) is 2.89. The van der Waals surface area contributed by atoms with Crippen molar-refractivity contribution in [2.75, 3.05) is 6.54 Å². The van der Waals surface area contributed by atoms with Crippen LogP contribution in [0.4, 0.5) is 0 Å². The molecule has 1 unspecified atom stereocenters. The van der Waals surface area contributed by atoms with Crippen LogP contribution in [0, 0.1) is 5.92 Å². The lowest BCUT2D eigenvalue weighted by atomic mass is 9.83. The van der Waals surface area contributed by atoms with Gasteiger partial charge in [-0.05, 0) is 55.9 Å². The number of hydrogen-bond acceptors (Lipinski definition) is 5. The van der Waals surface area contributed by atoms with Crippen LogP contribution in [-0.4, -0.2) is 51.3 Å². The molecule has 41 heavy (non-hydrogen) atoms. The van der Waals surface area contributed by atoms with Gasteiger partial charge in [0.2, 0.25) is 11.8 Å². The number of nitrogens with zero attached hydrogens (tertiary/aromatic N) is 2. The summed E-state index contributed by atoms with van der Waals surface area (Å²) in [6.07, 6.45) is 16.1. The Morgan fingerprint density at radius 1 is 1.07 bits per heavy atom. The van der Waals surface area contributed by atoms with E-state index in [0.29, 0.717) is 37.3 Å². The second kappa shape index (κ2) is 15.9. The van der Waals surface area contributed by atoms with E-state index in [4.69, 9.17) is 0 Å². The number of carbonyl (C=O) groups is 3. The van der Waals surface area contributed by atoms with E-state index in [9.17, 15) is 14.4 Å². The van der Waals surface area contributed by atoms with Crippen LogP contribution in [0.15, 0.2) is 49.1 Å². The van der Waals surface area contributed by atoms with Crippen LogP contribution in [0.2, 0.25) is 0 Å². The summed E-state index contributed by atoms with van der Waals surface area (Å²) in [4.78, 5) is 50.8. The maximum absolute atomic E-state index is 13.7. The lowest BCUT2D eigenvalue weighted by Crippen LogP contribution is -2.51. The Bertz CT molecular complexity index is 1210. The van der Waals surface area contributed by atoms with E-state index in [1.807, 2.05) is 12.1 Å². The van der Waals surface area contributed by atoms with Gasteiger partial charge in [-0.3, -0.25) is 19.4 Å². The maximum atomic E-state index is 13.7. The van der Waals surface area contributed by atoms with Gasteiger partial charge >= 0.3 is 0 Å². The third-order valence-corrected chi connectivity index (χ3v) is 7.97. The van der Waals surface area contributed by atoms with Crippen molar-refractivity contribution in [1.29, 1.82) is 0 Å². The molecule has 4 N–H and O–H groups in total. The molecule has 0 saturated heterocycles. The molecule has 0 aromatic carbocycles. The summed E-state index contributed by atoms with van der Waals surface area (Å²) in [5.74, 6) is 0.0891. The molecular weight excluding hydrogens is 516 g/mol. The first-order chi connectivity index (χ1) is 20.0. The fourth-order valence-electron chi connectivity index (χ4n) is 5.66. The van der Waals surface area contributed by atoms with Gasteiger partial charge in [0.25, 0.3) is 5.91 Å². The summed E-state index contributed by atoms with van der Waals surface area (Å²) in [6, 6.07) is 8.21. The van der Waals surface area contributed by atoms with Gasteiger partial charge in [-0.1, -0.05) is 51.5 Å². The van der Waals surface area contributed by atoms with Gasteiger partial charge in [-0.15, -0.1) is 0 Å². The zero-order chi connectivity index (χ0) is 28.9. The quantitative estimate of drug-likeness (QED) is 0.199. The third kappa shape index (κ3) is 9.69. The second-order valence-corrected chi connectivity index (χ2v) is 11.3. The van der Waals surface area contributed by atoms with E-state index in [1.165, 1.54) is 32.1 Å². The number of nitrogens with one attached hydrogen (secondary N) is 4. The first-order valence-corrected chi connectivity index (χ1v) is 15.2. The van der Waals surface area contributed by atoms with E-state index >= 15 is 0 Å². The molecule has 0 radical (unpaired) electrons. The Kier molecular flexibility index (Phi) is 11.7. The normalized spacial score (nSPS) is 15.2. The van der Waals surface area contributed by atoms with Gasteiger partial charge in [-0.25, -0.2) is 4.98 Å². The topological polar surface area (TPSA) is 129 Å². The van der Waals surface area contributed by atoms with Crippen molar-refractivity contribution in [3.63, 3.8) is 0 Å². The highest BCUT2D eigenvalue weighted by Crippen LogP contribution is 2.28. The number of aromatic amines is 1. The minimum atomic E-state index is -0.784. The van der Waals surface area contributed by atoms with Crippen molar-refractivity contribution in [3.05, 3.63) is 60.3 Å². The number of H-pyrrole nitrogens is 1. The third-order valence-electron chi connectivity index (χ3n) is 7.97. The average Bonchev–Trinajstić information content (AvgIpc) is 3.61. The summed E-state index contributed by atoms with van der Waals surface area (Å²) in [5, 5.41) is 9.22. The Hall–Kier alpha value is -3.75. The van der Waals surface area contributed by atoms with Crippen molar-refractivity contribution >= 4 is 17.7 Å². The molecule has 3 amide bonds. The van der Waals surface area contributed by atoms with Crippen molar-refractivity contribution in [1.82, 2.24) is 30.9 Å². The highest BCUT2D eigenvalue weighted by atomic mass is 16.2. The smallest absolute Gasteiger partial charge is 0.251 e. The molecule has 1 aliphatic heterocycles. The molecule has 2 aliphatic carbocycles. The SMILES string of the molecule is CCCCNC(=O)CCCC(CC1CCCCC1)NC(=O)[C@H](Cc1cnc[nH]1)NC(=O)c1cccc2nccc-2c1. The van der Waals surface area contributed by atoms with Crippen LogP contribution in [0.5, 0.6) is 0 Å². The van der Waals surface area contributed by atoms with Crippen LogP contribution < -0.4 is 16.0 Å². The highest BCUT2D eigenvalue weighted by Gasteiger charge is 2.27. The molecular formula is C32H44N6O3. The van der Waals surface area contributed by atoms with Crippen LogP contribution >= 0.6 is 0 Å². The van der Waals surface area contributed by atoms with E-state index < -0.39 is 6.04 Å². The number of hydrogen-bond donors (Lipinski definition) is 4. The van der Waals surface area contributed by atoms with E-state index in [1.54, 1.807) is 36.9 Å². The lowest BCUT2D eigenvalue weighted by molar-refractivity contribution is -0.123. The molecule has 2 atom stereocenters. The largest absolute Gasteiger partial charge is 0.356 e. The molecule has 0 spiro atoms. The van der Waals surface area contributed by atoms with Crippen molar-refractivity contribution in [2.24, 2.45) is 5.92 Å². The summed E-state index contributed by atoms with van der Waals surface area (Å²) in [6.45, 7) is 2.81. The van der Waals surface area contributed by atoms with Crippen LogP contribution in [-0.2, 0) is 16.0 Å². The minimum absolute atomic E-state index is 0.0558. The van der Waals surface area contributed by atoms with E-state index in [0.717, 1.165) is 42.6 Å². The van der Waals surface area contributed by atoms with Gasteiger partial charge in [0.15, 0.2) is 0 Å². The first-order valence-electron chi connectivity index (χ1n) is 15.2. The Balaban J connectivity index is 1.43. The first kappa shape index (κ1) is 30.2. The predicted molar refractivity (Wildman–Crippen MR) is 159 cm³/mol. The summed E-state index contributed by atoms with van der Waals surface area (Å²) in [7, 11) is 0. The van der Waals surface area contributed by atoms with Crippen molar-refractivity contribution in [2.45, 2.75) is 96.1 Å². The number of carbonyl (C=O) groups excluding carboxylic acids is 3. The number of amides is 3. The number of unbranched alkanes of at least 4 members (excludes halogenated alkanes) is 1. The molecule has 1 fully saturated rings. The molecule has 1 aromatic heterocycles. The predicted octanol–water partition coefficient (Wildman–Crippen LogP) is 4.79. The zero-order valence-corrected chi connectivity index (χ0v) is 24.2. The van der Waals surface area contributed by atoms with Gasteiger partial charge in [0, 0.05) is 54.6 Å². The Labute approximate surface area is 243 Å². The van der Waals surface area contributed by atoms with Crippen LogP contribution in [0.3, 0.4) is 0 Å². The maximum Gasteiger partial charge on any atom is 0.251 e. The molecule has 9 nitrogen and oxygen atoms in total. The highest BCUT2D eigenvalue weighted by molar-refractivity contribution is 5.98. The molecule has 1 aromatic rings. The average molecular weight is 561 g/mol.